The summed E-state index contributed by atoms with van der Waals surface area (Å²) in [5.41, 5.74) is 2.28. The van der Waals surface area contributed by atoms with E-state index in [-0.39, 0.29) is 29.4 Å². The van der Waals surface area contributed by atoms with Gasteiger partial charge in [-0.25, -0.2) is 0 Å². The lowest BCUT2D eigenvalue weighted by Crippen LogP contribution is -2.30. The third-order valence-electron chi connectivity index (χ3n) is 4.81. The van der Waals surface area contributed by atoms with Gasteiger partial charge in [0, 0.05) is 24.2 Å². The van der Waals surface area contributed by atoms with Crippen molar-refractivity contribution < 1.29 is 24.3 Å². The van der Waals surface area contributed by atoms with E-state index >= 15 is 0 Å². The van der Waals surface area contributed by atoms with Gasteiger partial charge < -0.3 is 10.4 Å². The predicted octanol–water partition coefficient (Wildman–Crippen LogP) is 3.35. The fraction of sp³-hybridized carbons (Fsp3) is 0.273. The summed E-state index contributed by atoms with van der Waals surface area (Å²) in [5.74, 6) is -1.93. The Bertz CT molecular complexity index is 966. The Hall–Kier alpha value is -3.48. The van der Waals surface area contributed by atoms with Crippen molar-refractivity contribution in [1.29, 1.82) is 0 Å². The van der Waals surface area contributed by atoms with Crippen LogP contribution in [0.15, 0.2) is 42.5 Å². The van der Waals surface area contributed by atoms with E-state index in [1.807, 2.05) is 6.92 Å². The molecule has 0 unspecified atom stereocenters. The van der Waals surface area contributed by atoms with Crippen molar-refractivity contribution in [3.63, 3.8) is 0 Å². The van der Waals surface area contributed by atoms with E-state index in [1.165, 1.54) is 23.1 Å². The van der Waals surface area contributed by atoms with E-state index in [0.29, 0.717) is 24.2 Å². The number of nitrogens with zero attached hydrogens (tertiary/aromatic N) is 1. The Morgan fingerprint density at radius 1 is 1.00 bits per heavy atom. The number of nitrogens with one attached hydrogen (secondary N) is 1. The highest BCUT2D eigenvalue weighted by Gasteiger charge is 2.35. The normalized spacial score (nSPS) is 12.8. The summed E-state index contributed by atoms with van der Waals surface area (Å²) >= 11 is 0. The van der Waals surface area contributed by atoms with E-state index in [9.17, 15) is 19.2 Å². The van der Waals surface area contributed by atoms with Gasteiger partial charge >= 0.3 is 5.97 Å². The fourth-order valence-electron chi connectivity index (χ4n) is 3.16. The van der Waals surface area contributed by atoms with Gasteiger partial charge in [-0.05, 0) is 48.7 Å². The zero-order chi connectivity index (χ0) is 21.0. The van der Waals surface area contributed by atoms with Crippen molar-refractivity contribution in [3.8, 4) is 0 Å². The number of fused-ring (bicyclic) bond motifs is 1. The minimum absolute atomic E-state index is 0.0445. The second-order valence-corrected chi connectivity index (χ2v) is 6.92. The van der Waals surface area contributed by atoms with Gasteiger partial charge in [0.05, 0.1) is 11.1 Å². The highest BCUT2D eigenvalue weighted by Crippen LogP contribution is 2.25. The van der Waals surface area contributed by atoms with Crippen molar-refractivity contribution in [2.45, 2.75) is 32.6 Å². The molecular formula is C22H22N2O5. The van der Waals surface area contributed by atoms with E-state index in [2.05, 4.69) is 5.32 Å². The smallest absolute Gasteiger partial charge is 0.303 e. The van der Waals surface area contributed by atoms with E-state index in [4.69, 9.17) is 5.11 Å². The Labute approximate surface area is 168 Å². The molecule has 0 aliphatic carbocycles. The average molecular weight is 394 g/mol. The maximum atomic E-state index is 12.6. The molecule has 0 spiro atoms. The maximum absolute atomic E-state index is 12.6. The Balaban J connectivity index is 1.70. The maximum Gasteiger partial charge on any atom is 0.303 e. The van der Waals surface area contributed by atoms with Gasteiger partial charge in [-0.3, -0.25) is 24.1 Å². The molecule has 0 saturated carbocycles. The molecule has 150 valence electrons. The Kier molecular flexibility index (Phi) is 6.07. The number of carbonyl (C=O) groups is 4. The number of benzene rings is 2. The average Bonchev–Trinajstić information content (AvgIpc) is 2.95. The summed E-state index contributed by atoms with van der Waals surface area (Å²) in [6.07, 6.45) is 2.07. The highest BCUT2D eigenvalue weighted by atomic mass is 16.4. The first-order valence-corrected chi connectivity index (χ1v) is 9.53. The molecule has 0 fully saturated rings. The van der Waals surface area contributed by atoms with Gasteiger partial charge in [0.2, 0.25) is 0 Å². The number of aryl methyl sites for hydroxylation is 1. The van der Waals surface area contributed by atoms with E-state index in [0.717, 1.165) is 18.4 Å². The van der Waals surface area contributed by atoms with Crippen LogP contribution in [0, 0.1) is 0 Å². The lowest BCUT2D eigenvalue weighted by atomic mass is 10.0. The number of hydrogen-bond acceptors (Lipinski definition) is 4. The highest BCUT2D eigenvalue weighted by molar-refractivity contribution is 6.22. The van der Waals surface area contributed by atoms with Crippen LogP contribution in [0.2, 0.25) is 0 Å². The van der Waals surface area contributed by atoms with Crippen LogP contribution >= 0.6 is 0 Å². The lowest BCUT2D eigenvalue weighted by molar-refractivity contribution is -0.136. The first-order valence-electron chi connectivity index (χ1n) is 9.53. The second-order valence-electron chi connectivity index (χ2n) is 6.92. The van der Waals surface area contributed by atoms with Crippen molar-refractivity contribution in [1.82, 2.24) is 4.90 Å². The van der Waals surface area contributed by atoms with Crippen LogP contribution in [0.3, 0.4) is 0 Å². The summed E-state index contributed by atoms with van der Waals surface area (Å²) in [6.45, 7) is 2.36. The summed E-state index contributed by atoms with van der Waals surface area (Å²) < 4.78 is 0. The molecule has 7 heteroatoms. The number of rotatable bonds is 8. The Morgan fingerprint density at radius 2 is 1.69 bits per heavy atom. The van der Waals surface area contributed by atoms with Gasteiger partial charge in [0.25, 0.3) is 17.7 Å². The molecule has 0 atom stereocenters. The van der Waals surface area contributed by atoms with E-state index in [1.54, 1.807) is 24.3 Å². The SMILES string of the molecule is CCCCN1C(=O)c2ccc(C(=O)Nc3ccc(CCC(=O)O)cc3)cc2C1=O. The first-order chi connectivity index (χ1) is 13.9. The van der Waals surface area contributed by atoms with E-state index < -0.39 is 11.9 Å². The number of anilines is 1. The first kappa shape index (κ1) is 20.3. The molecule has 0 aromatic heterocycles. The minimum atomic E-state index is -0.861. The third-order valence-corrected chi connectivity index (χ3v) is 4.81. The predicted molar refractivity (Wildman–Crippen MR) is 107 cm³/mol. The second kappa shape index (κ2) is 8.68. The number of aliphatic carboxylic acids is 1. The summed E-state index contributed by atoms with van der Waals surface area (Å²) in [6, 6.07) is 11.4. The van der Waals surface area contributed by atoms with Crippen LogP contribution in [0.4, 0.5) is 5.69 Å². The molecule has 3 rings (SSSR count). The molecule has 0 radical (unpaired) electrons. The summed E-state index contributed by atoms with van der Waals surface area (Å²) in [5, 5.41) is 11.5. The van der Waals surface area contributed by atoms with Crippen LogP contribution in [-0.4, -0.2) is 40.2 Å². The summed E-state index contributed by atoms with van der Waals surface area (Å²) in [7, 11) is 0. The van der Waals surface area contributed by atoms with Crippen LogP contribution in [-0.2, 0) is 11.2 Å². The molecule has 0 bridgehead atoms. The monoisotopic (exact) mass is 394 g/mol. The standard InChI is InChI=1S/C22H22N2O5/c1-2-3-12-24-21(28)17-10-7-15(13-18(17)22(24)29)20(27)23-16-8-4-14(5-9-16)6-11-19(25)26/h4-5,7-10,13H,2-3,6,11-12H2,1H3,(H,23,27)(H,25,26). The zero-order valence-electron chi connectivity index (χ0n) is 16.1. The van der Waals surface area contributed by atoms with Crippen LogP contribution in [0.5, 0.6) is 0 Å². The number of carboxylic acid groups (broad SMARTS) is 1. The topological polar surface area (TPSA) is 104 Å². The van der Waals surface area contributed by atoms with Crippen LogP contribution in [0.25, 0.3) is 0 Å². The largest absolute Gasteiger partial charge is 0.481 e. The molecule has 1 heterocycles. The molecule has 0 saturated heterocycles. The number of imide groups is 1. The van der Waals surface area contributed by atoms with Crippen LogP contribution < -0.4 is 5.32 Å². The van der Waals surface area contributed by atoms with Gasteiger partial charge in [0.1, 0.15) is 0 Å². The number of unbranched alkanes of at least 4 members (excludes halogenated alkanes) is 1. The van der Waals surface area contributed by atoms with Gasteiger partial charge in [-0.15, -0.1) is 0 Å². The number of amides is 3. The Morgan fingerprint density at radius 3 is 2.34 bits per heavy atom. The minimum Gasteiger partial charge on any atom is -0.481 e. The third kappa shape index (κ3) is 4.51. The molecule has 2 aromatic rings. The number of carboxylic acids is 1. The number of carbonyl (C=O) groups excluding carboxylic acids is 3. The van der Waals surface area contributed by atoms with Crippen LogP contribution in [0.1, 0.15) is 62.8 Å². The van der Waals surface area contributed by atoms with Gasteiger partial charge in [0.15, 0.2) is 0 Å². The van der Waals surface area contributed by atoms with Gasteiger partial charge in [-0.2, -0.15) is 0 Å². The van der Waals surface area contributed by atoms with Gasteiger partial charge in [-0.1, -0.05) is 25.5 Å². The molecule has 1 aliphatic heterocycles. The zero-order valence-corrected chi connectivity index (χ0v) is 16.1. The fourth-order valence-corrected chi connectivity index (χ4v) is 3.16. The molecule has 1 aliphatic rings. The van der Waals surface area contributed by atoms with Crippen molar-refractivity contribution >= 4 is 29.4 Å². The quantitative estimate of drug-likeness (QED) is 0.668. The summed E-state index contributed by atoms with van der Waals surface area (Å²) in [4.78, 5) is 49.3. The number of hydrogen-bond donors (Lipinski definition) is 2. The van der Waals surface area contributed by atoms with Crippen molar-refractivity contribution in [2.75, 3.05) is 11.9 Å². The molecular weight excluding hydrogens is 372 g/mol. The molecule has 2 aromatic carbocycles. The molecule has 2 N–H and O–H groups in total. The van der Waals surface area contributed by atoms with Crippen molar-refractivity contribution in [3.05, 3.63) is 64.7 Å². The molecule has 7 nitrogen and oxygen atoms in total. The molecule has 29 heavy (non-hydrogen) atoms. The lowest BCUT2D eigenvalue weighted by Gasteiger charge is -2.12. The van der Waals surface area contributed by atoms with Crippen molar-refractivity contribution in [2.24, 2.45) is 0 Å². The molecule has 3 amide bonds.